The number of hydrogen-bond acceptors (Lipinski definition) is 4. The van der Waals surface area contributed by atoms with Crippen LogP contribution in [0.15, 0.2) is 5.03 Å². The molecule has 7 heteroatoms. The summed E-state index contributed by atoms with van der Waals surface area (Å²) >= 11 is 0. The number of nitrogens with zero attached hydrogens (tertiary/aromatic N) is 2. The van der Waals surface area contributed by atoms with Gasteiger partial charge in [0.2, 0.25) is 0 Å². The van der Waals surface area contributed by atoms with Gasteiger partial charge in [-0.15, -0.1) is 0 Å². The maximum atomic E-state index is 12.7. The quantitative estimate of drug-likeness (QED) is 0.878. The van der Waals surface area contributed by atoms with Crippen LogP contribution in [-0.2, 0) is 16.6 Å². The van der Waals surface area contributed by atoms with Crippen molar-refractivity contribution in [2.45, 2.75) is 51.6 Å². The first-order valence-electron chi connectivity index (χ1n) is 7.08. The summed E-state index contributed by atoms with van der Waals surface area (Å²) < 4.78 is 26.9. The van der Waals surface area contributed by atoms with Gasteiger partial charge in [0, 0.05) is 30.9 Å². The van der Waals surface area contributed by atoms with Crippen molar-refractivity contribution in [3.05, 3.63) is 11.3 Å². The molecule has 1 saturated heterocycles. The van der Waals surface area contributed by atoms with Crippen molar-refractivity contribution in [2.24, 2.45) is 11.1 Å². The largest absolute Gasteiger partial charge is 0.326 e. The minimum Gasteiger partial charge on any atom is -0.326 e. The van der Waals surface area contributed by atoms with E-state index >= 15 is 0 Å². The molecular formula is C13H24N4O2S. The predicted molar refractivity (Wildman–Crippen MR) is 77.6 cm³/mol. The number of hydrogen-bond donors (Lipinski definition) is 2. The number of piperidine rings is 1. The normalized spacial score (nSPS) is 20.2. The Labute approximate surface area is 120 Å². The SMILES string of the molecule is CCC1(C)CCN(S(=O)(=O)c2n[nH]c(C)c2CN)CC1. The van der Waals surface area contributed by atoms with Crippen LogP contribution in [0.1, 0.15) is 44.4 Å². The molecule has 1 aromatic heterocycles. The zero-order chi connectivity index (χ0) is 15.0. The van der Waals surface area contributed by atoms with Crippen LogP contribution in [0.3, 0.4) is 0 Å². The molecule has 0 unspecified atom stereocenters. The smallest absolute Gasteiger partial charge is 0.262 e. The van der Waals surface area contributed by atoms with E-state index in [9.17, 15) is 8.42 Å². The minimum atomic E-state index is -3.53. The van der Waals surface area contributed by atoms with Crippen LogP contribution in [0.5, 0.6) is 0 Å². The first-order valence-corrected chi connectivity index (χ1v) is 8.52. The monoisotopic (exact) mass is 300 g/mol. The van der Waals surface area contributed by atoms with E-state index in [2.05, 4.69) is 24.0 Å². The third-order valence-corrected chi connectivity index (χ3v) is 6.48. The molecular weight excluding hydrogens is 276 g/mol. The van der Waals surface area contributed by atoms with Crippen molar-refractivity contribution in [1.29, 1.82) is 0 Å². The fraction of sp³-hybridized carbons (Fsp3) is 0.769. The van der Waals surface area contributed by atoms with E-state index in [0.29, 0.717) is 18.7 Å². The van der Waals surface area contributed by atoms with Gasteiger partial charge in [-0.1, -0.05) is 20.3 Å². The maximum Gasteiger partial charge on any atom is 0.262 e. The average Bonchev–Trinajstić information content (AvgIpc) is 2.81. The third kappa shape index (κ3) is 2.62. The van der Waals surface area contributed by atoms with Crippen LogP contribution in [-0.4, -0.2) is 36.0 Å². The fourth-order valence-corrected chi connectivity index (χ4v) is 4.24. The van der Waals surface area contributed by atoms with Gasteiger partial charge in [-0.05, 0) is 25.2 Å². The number of aromatic nitrogens is 2. The predicted octanol–water partition coefficient (Wildman–Crippen LogP) is 1.38. The van der Waals surface area contributed by atoms with Gasteiger partial charge in [-0.2, -0.15) is 9.40 Å². The molecule has 0 amide bonds. The van der Waals surface area contributed by atoms with Gasteiger partial charge in [0.25, 0.3) is 10.0 Å². The lowest BCUT2D eigenvalue weighted by Gasteiger charge is -2.37. The molecule has 20 heavy (non-hydrogen) atoms. The molecule has 1 fully saturated rings. The molecule has 0 aliphatic carbocycles. The van der Waals surface area contributed by atoms with Crippen LogP contribution < -0.4 is 5.73 Å². The molecule has 6 nitrogen and oxygen atoms in total. The third-order valence-electron chi connectivity index (χ3n) is 4.61. The number of rotatable bonds is 4. The van der Waals surface area contributed by atoms with Gasteiger partial charge < -0.3 is 5.73 Å². The highest BCUT2D eigenvalue weighted by molar-refractivity contribution is 7.89. The van der Waals surface area contributed by atoms with Gasteiger partial charge in [0.05, 0.1) is 0 Å². The lowest BCUT2D eigenvalue weighted by molar-refractivity contribution is 0.168. The van der Waals surface area contributed by atoms with Crippen molar-refractivity contribution in [3.8, 4) is 0 Å². The highest BCUT2D eigenvalue weighted by Gasteiger charge is 2.36. The molecule has 0 bridgehead atoms. The fourth-order valence-electron chi connectivity index (χ4n) is 2.63. The Morgan fingerprint density at radius 1 is 1.40 bits per heavy atom. The van der Waals surface area contributed by atoms with E-state index < -0.39 is 10.0 Å². The van der Waals surface area contributed by atoms with E-state index in [1.807, 2.05) is 0 Å². The summed E-state index contributed by atoms with van der Waals surface area (Å²) in [5, 5.41) is 6.78. The molecule has 3 N–H and O–H groups in total. The van der Waals surface area contributed by atoms with E-state index in [4.69, 9.17) is 5.73 Å². The lowest BCUT2D eigenvalue weighted by Crippen LogP contribution is -2.42. The molecule has 1 aromatic rings. The number of nitrogens with one attached hydrogen (secondary N) is 1. The molecule has 0 spiro atoms. The van der Waals surface area contributed by atoms with E-state index in [0.717, 1.165) is 25.0 Å². The standard InChI is InChI=1S/C13H24N4O2S/c1-4-13(3)5-7-17(8-6-13)20(18,19)12-11(9-14)10(2)15-16-12/h4-9,14H2,1-3H3,(H,15,16). The second-order valence-electron chi connectivity index (χ2n) is 5.90. The first kappa shape index (κ1) is 15.5. The number of aryl methyl sites for hydroxylation is 1. The minimum absolute atomic E-state index is 0.0950. The molecule has 114 valence electrons. The Hall–Kier alpha value is -0.920. The molecule has 0 atom stereocenters. The van der Waals surface area contributed by atoms with Gasteiger partial charge in [0.1, 0.15) is 0 Å². The molecule has 1 aliphatic heterocycles. The summed E-state index contributed by atoms with van der Waals surface area (Å²) in [5.41, 5.74) is 7.21. The Morgan fingerprint density at radius 3 is 2.50 bits per heavy atom. The van der Waals surface area contributed by atoms with Gasteiger partial charge >= 0.3 is 0 Å². The van der Waals surface area contributed by atoms with Crippen molar-refractivity contribution < 1.29 is 8.42 Å². The van der Waals surface area contributed by atoms with Gasteiger partial charge in [-0.25, -0.2) is 8.42 Å². The van der Waals surface area contributed by atoms with Crippen molar-refractivity contribution in [3.63, 3.8) is 0 Å². The van der Waals surface area contributed by atoms with Crippen LogP contribution in [0, 0.1) is 12.3 Å². The van der Waals surface area contributed by atoms with Crippen LogP contribution in [0.4, 0.5) is 0 Å². The number of nitrogens with two attached hydrogens (primary N) is 1. The summed E-state index contributed by atoms with van der Waals surface area (Å²) in [6, 6.07) is 0. The molecule has 2 heterocycles. The second kappa shape index (κ2) is 5.46. The van der Waals surface area contributed by atoms with E-state index in [1.54, 1.807) is 11.2 Å². The summed E-state index contributed by atoms with van der Waals surface area (Å²) in [4.78, 5) is 0. The van der Waals surface area contributed by atoms with Crippen LogP contribution in [0.2, 0.25) is 0 Å². The zero-order valence-electron chi connectivity index (χ0n) is 12.4. The van der Waals surface area contributed by atoms with Crippen molar-refractivity contribution >= 4 is 10.0 Å². The molecule has 0 saturated carbocycles. The van der Waals surface area contributed by atoms with Crippen molar-refractivity contribution in [1.82, 2.24) is 14.5 Å². The zero-order valence-corrected chi connectivity index (χ0v) is 13.3. The highest BCUT2D eigenvalue weighted by Crippen LogP contribution is 2.36. The summed E-state index contributed by atoms with van der Waals surface area (Å²) in [6.45, 7) is 7.47. The number of sulfonamides is 1. The Balaban J connectivity index is 2.24. The highest BCUT2D eigenvalue weighted by atomic mass is 32.2. The Morgan fingerprint density at radius 2 is 2.00 bits per heavy atom. The Bertz CT molecular complexity index is 571. The summed E-state index contributed by atoms with van der Waals surface area (Å²) in [7, 11) is -3.53. The number of aromatic amines is 1. The van der Waals surface area contributed by atoms with E-state index in [-0.39, 0.29) is 17.0 Å². The molecule has 2 rings (SSSR count). The van der Waals surface area contributed by atoms with Crippen molar-refractivity contribution in [2.75, 3.05) is 13.1 Å². The maximum absolute atomic E-state index is 12.7. The van der Waals surface area contributed by atoms with Crippen LogP contribution >= 0.6 is 0 Å². The number of H-pyrrole nitrogens is 1. The van der Waals surface area contributed by atoms with Crippen LogP contribution in [0.25, 0.3) is 0 Å². The molecule has 1 aliphatic rings. The van der Waals surface area contributed by atoms with Gasteiger partial charge in [-0.3, -0.25) is 5.10 Å². The van der Waals surface area contributed by atoms with Gasteiger partial charge in [0.15, 0.2) is 5.03 Å². The Kier molecular flexibility index (Phi) is 4.22. The topological polar surface area (TPSA) is 92.1 Å². The molecule has 0 aromatic carbocycles. The average molecular weight is 300 g/mol. The first-order chi connectivity index (χ1) is 9.34. The summed E-state index contributed by atoms with van der Waals surface area (Å²) in [6.07, 6.45) is 2.87. The summed E-state index contributed by atoms with van der Waals surface area (Å²) in [5.74, 6) is 0. The molecule has 0 radical (unpaired) electrons. The van der Waals surface area contributed by atoms with E-state index in [1.165, 1.54) is 0 Å². The second-order valence-corrected chi connectivity index (χ2v) is 7.76. The lowest BCUT2D eigenvalue weighted by atomic mass is 9.79.